The molecule has 0 radical (unpaired) electrons. The van der Waals surface area contributed by atoms with Crippen LogP contribution in [-0.4, -0.2) is 52.7 Å². The molecule has 0 spiro atoms. The van der Waals surface area contributed by atoms with E-state index in [4.69, 9.17) is 8.74 Å². The summed E-state index contributed by atoms with van der Waals surface area (Å²) < 4.78 is 36.5. The summed E-state index contributed by atoms with van der Waals surface area (Å²) in [5.74, 6) is 1.52. The second-order valence-corrected chi connectivity index (χ2v) is 14.1. The Morgan fingerprint density at radius 2 is 1.86 bits per heavy atom. The summed E-state index contributed by atoms with van der Waals surface area (Å²) in [7, 11) is -4.64. The van der Waals surface area contributed by atoms with Gasteiger partial charge in [0.15, 0.2) is 0 Å². The molecule has 0 heterocycles. The smallest absolute Gasteiger partial charge is 0.393 e. The molecule has 8 heteroatoms. The van der Waals surface area contributed by atoms with E-state index < -0.39 is 34.8 Å². The van der Waals surface area contributed by atoms with Gasteiger partial charge < -0.3 is 15.3 Å². The van der Waals surface area contributed by atoms with E-state index in [1.54, 1.807) is 0 Å². The zero-order chi connectivity index (χ0) is 26.8. The molecule has 4 aliphatic carbocycles. The topological polar surface area (TPSA) is 124 Å². The maximum Gasteiger partial charge on any atom is 0.397 e. The third kappa shape index (κ3) is 4.75. The zero-order valence-electron chi connectivity index (χ0n) is 22.4. The summed E-state index contributed by atoms with van der Waals surface area (Å²) in [6.07, 6.45) is 4.19. The van der Waals surface area contributed by atoms with Gasteiger partial charge in [-0.1, -0.05) is 47.3 Å². The van der Waals surface area contributed by atoms with Crippen molar-refractivity contribution >= 4 is 10.4 Å². The van der Waals surface area contributed by atoms with Gasteiger partial charge in [-0.25, -0.2) is 4.18 Å². The lowest BCUT2D eigenvalue weighted by Gasteiger charge is -2.59. The average Bonchev–Trinajstić information content (AvgIpc) is 3.05. The molecule has 3 fully saturated rings. The Morgan fingerprint density at radius 1 is 1.19 bits per heavy atom. The molecule has 0 saturated heterocycles. The average molecular weight is 527 g/mol. The highest BCUT2D eigenvalue weighted by Crippen LogP contribution is 2.67. The van der Waals surface area contributed by atoms with Crippen LogP contribution < -0.4 is 0 Å². The van der Waals surface area contributed by atoms with E-state index in [1.165, 1.54) is 0 Å². The fraction of sp³-hybridized carbons (Fsp3) is 0.857. The Morgan fingerprint density at radius 3 is 2.47 bits per heavy atom. The van der Waals surface area contributed by atoms with E-state index in [1.807, 2.05) is 0 Å². The van der Waals surface area contributed by atoms with Crippen LogP contribution >= 0.6 is 0 Å². The number of rotatable bonds is 7. The lowest BCUT2D eigenvalue weighted by atomic mass is 9.46. The molecule has 7 nitrogen and oxygen atoms in total. The first kappa shape index (κ1) is 28.2. The second-order valence-electron chi connectivity index (χ2n) is 13.1. The van der Waals surface area contributed by atoms with Crippen molar-refractivity contribution in [3.05, 3.63) is 23.8 Å². The minimum absolute atomic E-state index is 0.0233. The van der Waals surface area contributed by atoms with Crippen molar-refractivity contribution in [2.24, 2.45) is 46.3 Å². The van der Waals surface area contributed by atoms with Crippen LogP contribution in [0.25, 0.3) is 0 Å². The van der Waals surface area contributed by atoms with E-state index in [0.717, 1.165) is 36.8 Å². The first-order valence-electron chi connectivity index (χ1n) is 13.7. The molecule has 0 bridgehead atoms. The van der Waals surface area contributed by atoms with Gasteiger partial charge in [0.1, 0.15) is 12.2 Å². The normalized spacial score (nSPS) is 44.3. The highest BCUT2D eigenvalue weighted by atomic mass is 32.3. The fourth-order valence-corrected chi connectivity index (χ4v) is 9.53. The van der Waals surface area contributed by atoms with Crippen LogP contribution in [0.1, 0.15) is 79.6 Å². The van der Waals surface area contributed by atoms with Crippen LogP contribution in [-0.2, 0) is 14.6 Å². The van der Waals surface area contributed by atoms with Crippen molar-refractivity contribution in [3.63, 3.8) is 0 Å². The number of allylic oxidation sites excluding steroid dienone is 1. The highest BCUT2D eigenvalue weighted by molar-refractivity contribution is 7.80. The van der Waals surface area contributed by atoms with E-state index in [-0.39, 0.29) is 40.4 Å². The van der Waals surface area contributed by atoms with Crippen LogP contribution in [0.5, 0.6) is 0 Å². The minimum Gasteiger partial charge on any atom is -0.393 e. The number of hydrogen-bond acceptors (Lipinski definition) is 6. The van der Waals surface area contributed by atoms with Crippen molar-refractivity contribution in [1.29, 1.82) is 0 Å². The van der Waals surface area contributed by atoms with Crippen molar-refractivity contribution < 1.29 is 32.5 Å². The molecule has 4 aliphatic rings. The molecule has 11 atom stereocenters. The van der Waals surface area contributed by atoms with Crippen LogP contribution in [0.15, 0.2) is 23.8 Å². The van der Waals surface area contributed by atoms with E-state index in [9.17, 15) is 23.7 Å². The molecule has 3 saturated carbocycles. The van der Waals surface area contributed by atoms with Gasteiger partial charge in [0, 0.05) is 0 Å². The number of hydrogen-bond donors (Lipinski definition) is 4. The molecular weight excluding hydrogens is 480 g/mol. The van der Waals surface area contributed by atoms with Crippen molar-refractivity contribution in [2.75, 3.05) is 0 Å². The molecule has 0 aromatic rings. The monoisotopic (exact) mass is 526 g/mol. The molecule has 4 rings (SSSR count). The Kier molecular flexibility index (Phi) is 7.66. The standard InChI is InChI=1S/C28H46O7S/c1-15(2)17(4)22(29)13-16(3)21-14-23(30)25-18-7-8-20-26(31)24(35-36(32,33)34)10-12-27(20,5)19(18)9-11-28(21,25)6/h8,15-16,18-19,21-26,29-31H,4,7,9-14H2,1-3,5-6H3,(H,32,33,34)/t16-,18-,19+,21-,22-,23-,24+,25-,26-,27-,28-/m1/s1. The van der Waals surface area contributed by atoms with Gasteiger partial charge in [0.2, 0.25) is 0 Å². The van der Waals surface area contributed by atoms with Gasteiger partial charge in [0.25, 0.3) is 0 Å². The summed E-state index contributed by atoms with van der Waals surface area (Å²) in [5, 5.41) is 33.2. The SMILES string of the molecule is C=C(C(C)C)[C@H](O)C[C@@H](C)[C@H]1C[C@@H](O)[C@H]2[C@@H]3CC=C4[C@@H](O)[C@@H](OS(=O)(=O)O)CC[C@]4(C)[C@H]3CC[C@@]21C. The van der Waals surface area contributed by atoms with Crippen molar-refractivity contribution in [2.45, 2.75) is 104 Å². The predicted octanol–water partition coefficient (Wildman–Crippen LogP) is 4.29. The number of fused-ring (bicyclic) bond motifs is 5. The lowest BCUT2D eigenvalue weighted by Crippen LogP contribution is -2.55. The van der Waals surface area contributed by atoms with E-state index >= 15 is 0 Å². The van der Waals surface area contributed by atoms with Gasteiger partial charge in [0.05, 0.1) is 12.2 Å². The minimum atomic E-state index is -4.64. The van der Waals surface area contributed by atoms with Gasteiger partial charge in [-0.2, -0.15) is 8.42 Å². The molecule has 0 amide bonds. The first-order valence-corrected chi connectivity index (χ1v) is 15.1. The number of aliphatic hydroxyl groups is 3. The maximum atomic E-state index is 11.4. The van der Waals surface area contributed by atoms with Crippen LogP contribution in [0.2, 0.25) is 0 Å². The fourth-order valence-electron chi connectivity index (χ4n) is 9.01. The van der Waals surface area contributed by atoms with Gasteiger partial charge in [-0.3, -0.25) is 4.55 Å². The van der Waals surface area contributed by atoms with Crippen LogP contribution in [0.4, 0.5) is 0 Å². The summed E-state index contributed by atoms with van der Waals surface area (Å²) >= 11 is 0. The van der Waals surface area contributed by atoms with Crippen LogP contribution in [0, 0.1) is 46.3 Å². The quantitative estimate of drug-likeness (QED) is 0.288. The Bertz CT molecular complexity index is 990. The molecule has 0 aromatic heterocycles. The van der Waals surface area contributed by atoms with E-state index in [0.29, 0.717) is 25.2 Å². The van der Waals surface area contributed by atoms with Gasteiger partial charge in [-0.05, 0) is 102 Å². The van der Waals surface area contributed by atoms with Crippen molar-refractivity contribution in [1.82, 2.24) is 0 Å². The lowest BCUT2D eigenvalue weighted by molar-refractivity contribution is -0.0948. The highest BCUT2D eigenvalue weighted by Gasteiger charge is 2.63. The zero-order valence-corrected chi connectivity index (χ0v) is 23.2. The molecule has 206 valence electrons. The molecule has 0 unspecified atom stereocenters. The molecule has 0 aromatic carbocycles. The molecule has 4 N–H and O–H groups in total. The maximum absolute atomic E-state index is 11.4. The largest absolute Gasteiger partial charge is 0.397 e. The summed E-state index contributed by atoms with van der Waals surface area (Å²) in [4.78, 5) is 0. The summed E-state index contributed by atoms with van der Waals surface area (Å²) in [6, 6.07) is 0. The third-order valence-electron chi connectivity index (χ3n) is 10.9. The Hall–Kier alpha value is -0.770. The van der Waals surface area contributed by atoms with Crippen LogP contribution in [0.3, 0.4) is 0 Å². The predicted molar refractivity (Wildman–Crippen MR) is 138 cm³/mol. The second kappa shape index (κ2) is 9.76. The summed E-state index contributed by atoms with van der Waals surface area (Å²) in [5.41, 5.74) is 1.37. The van der Waals surface area contributed by atoms with Crippen molar-refractivity contribution in [3.8, 4) is 0 Å². The van der Waals surface area contributed by atoms with Gasteiger partial charge in [-0.15, -0.1) is 0 Å². The molecule has 0 aliphatic heterocycles. The molecular formula is C28H46O7S. The third-order valence-corrected chi connectivity index (χ3v) is 11.4. The number of aliphatic hydroxyl groups excluding tert-OH is 3. The Labute approximate surface area is 217 Å². The first-order chi connectivity index (χ1) is 16.6. The molecule has 36 heavy (non-hydrogen) atoms. The van der Waals surface area contributed by atoms with Gasteiger partial charge >= 0.3 is 10.4 Å². The Balaban J connectivity index is 1.56. The van der Waals surface area contributed by atoms with E-state index in [2.05, 4.69) is 47.3 Å². The summed E-state index contributed by atoms with van der Waals surface area (Å²) in [6.45, 7) is 14.9.